The maximum absolute atomic E-state index is 12.3. The standard InChI is InChI=1S/C17H18ClN3O/c1-12-3-2-4-16(20-12)10-19-17(22)21-8-7-13-9-15(18)6-5-14(13)11-21/h2-6,9H,7-8,10-11H2,1H3,(H,19,22). The van der Waals surface area contributed by atoms with Crippen LogP contribution in [0.1, 0.15) is 22.5 Å². The van der Waals surface area contributed by atoms with E-state index in [-0.39, 0.29) is 6.03 Å². The SMILES string of the molecule is Cc1cccc(CNC(=O)N2CCc3cc(Cl)ccc3C2)n1. The van der Waals surface area contributed by atoms with E-state index in [1.165, 1.54) is 11.1 Å². The number of hydrogen-bond donors (Lipinski definition) is 1. The Morgan fingerprint density at radius 3 is 3.00 bits per heavy atom. The fraction of sp³-hybridized carbons (Fsp3) is 0.294. The highest BCUT2D eigenvalue weighted by atomic mass is 35.5. The number of hydrogen-bond acceptors (Lipinski definition) is 2. The van der Waals surface area contributed by atoms with E-state index < -0.39 is 0 Å². The molecule has 1 N–H and O–H groups in total. The van der Waals surface area contributed by atoms with E-state index in [4.69, 9.17) is 11.6 Å². The lowest BCUT2D eigenvalue weighted by Crippen LogP contribution is -2.42. The Morgan fingerprint density at radius 1 is 1.32 bits per heavy atom. The number of carbonyl (C=O) groups excluding carboxylic acids is 1. The first-order valence-electron chi connectivity index (χ1n) is 7.34. The monoisotopic (exact) mass is 315 g/mol. The normalized spacial score (nSPS) is 13.6. The third-order valence-corrected chi connectivity index (χ3v) is 4.07. The lowest BCUT2D eigenvalue weighted by molar-refractivity contribution is 0.192. The maximum Gasteiger partial charge on any atom is 0.318 e. The number of nitrogens with zero attached hydrogens (tertiary/aromatic N) is 2. The van der Waals surface area contributed by atoms with Gasteiger partial charge in [-0.2, -0.15) is 0 Å². The van der Waals surface area contributed by atoms with Crippen LogP contribution >= 0.6 is 11.6 Å². The van der Waals surface area contributed by atoms with Crippen molar-refractivity contribution >= 4 is 17.6 Å². The molecule has 0 fully saturated rings. The molecule has 2 aromatic rings. The first-order valence-corrected chi connectivity index (χ1v) is 7.72. The predicted octanol–water partition coefficient (Wildman–Crippen LogP) is 3.31. The Bertz CT molecular complexity index is 702. The zero-order valence-electron chi connectivity index (χ0n) is 12.5. The van der Waals surface area contributed by atoms with Crippen molar-refractivity contribution in [3.05, 3.63) is 63.9 Å². The largest absolute Gasteiger partial charge is 0.332 e. The van der Waals surface area contributed by atoms with E-state index in [1.807, 2.05) is 48.2 Å². The van der Waals surface area contributed by atoms with Gasteiger partial charge in [0, 0.05) is 23.8 Å². The van der Waals surface area contributed by atoms with Crippen LogP contribution in [-0.2, 0) is 19.5 Å². The third kappa shape index (κ3) is 3.39. The van der Waals surface area contributed by atoms with E-state index in [1.54, 1.807) is 0 Å². The van der Waals surface area contributed by atoms with Crippen molar-refractivity contribution in [1.82, 2.24) is 15.2 Å². The summed E-state index contributed by atoms with van der Waals surface area (Å²) in [7, 11) is 0. The summed E-state index contributed by atoms with van der Waals surface area (Å²) < 4.78 is 0. The zero-order chi connectivity index (χ0) is 15.5. The van der Waals surface area contributed by atoms with Crippen LogP contribution in [0.3, 0.4) is 0 Å². The number of pyridine rings is 1. The maximum atomic E-state index is 12.3. The molecule has 0 radical (unpaired) electrons. The molecule has 0 spiro atoms. The van der Waals surface area contributed by atoms with Crippen molar-refractivity contribution in [2.45, 2.75) is 26.4 Å². The van der Waals surface area contributed by atoms with Gasteiger partial charge in [0.1, 0.15) is 0 Å². The molecule has 0 atom stereocenters. The molecule has 22 heavy (non-hydrogen) atoms. The van der Waals surface area contributed by atoms with Crippen molar-refractivity contribution in [2.75, 3.05) is 6.54 Å². The molecule has 5 heteroatoms. The predicted molar refractivity (Wildman–Crippen MR) is 86.8 cm³/mol. The molecule has 2 heterocycles. The second-order valence-corrected chi connectivity index (χ2v) is 5.95. The fourth-order valence-electron chi connectivity index (χ4n) is 2.67. The molecule has 1 aliphatic heterocycles. The molecule has 114 valence electrons. The van der Waals surface area contributed by atoms with Crippen molar-refractivity contribution in [3.63, 3.8) is 0 Å². The minimum atomic E-state index is -0.0519. The van der Waals surface area contributed by atoms with Crippen molar-refractivity contribution in [2.24, 2.45) is 0 Å². The molecular weight excluding hydrogens is 298 g/mol. The fourth-order valence-corrected chi connectivity index (χ4v) is 2.87. The minimum absolute atomic E-state index is 0.0519. The van der Waals surface area contributed by atoms with Crippen LogP contribution in [0.15, 0.2) is 36.4 Å². The molecule has 4 nitrogen and oxygen atoms in total. The number of carbonyl (C=O) groups is 1. The van der Waals surface area contributed by atoms with Gasteiger partial charge in [-0.05, 0) is 48.7 Å². The van der Waals surface area contributed by atoms with Gasteiger partial charge in [-0.15, -0.1) is 0 Å². The second-order valence-electron chi connectivity index (χ2n) is 5.51. The van der Waals surface area contributed by atoms with Gasteiger partial charge in [0.25, 0.3) is 0 Å². The molecule has 2 amide bonds. The molecule has 0 saturated heterocycles. The molecule has 1 aromatic carbocycles. The Kier molecular flexibility index (Phi) is 4.29. The summed E-state index contributed by atoms with van der Waals surface area (Å²) in [4.78, 5) is 18.5. The summed E-state index contributed by atoms with van der Waals surface area (Å²) in [6.45, 7) is 3.72. The Balaban J connectivity index is 1.61. The van der Waals surface area contributed by atoms with Crippen LogP contribution in [0.25, 0.3) is 0 Å². The van der Waals surface area contributed by atoms with Gasteiger partial charge in [0.2, 0.25) is 0 Å². The van der Waals surface area contributed by atoms with Crippen molar-refractivity contribution in [3.8, 4) is 0 Å². The minimum Gasteiger partial charge on any atom is -0.332 e. The van der Waals surface area contributed by atoms with Crippen LogP contribution < -0.4 is 5.32 Å². The molecule has 0 unspecified atom stereocenters. The van der Waals surface area contributed by atoms with E-state index in [2.05, 4.69) is 10.3 Å². The molecule has 1 aliphatic rings. The average molecular weight is 316 g/mol. The highest BCUT2D eigenvalue weighted by molar-refractivity contribution is 6.30. The van der Waals surface area contributed by atoms with Crippen LogP contribution in [0.2, 0.25) is 5.02 Å². The number of halogens is 1. The first-order chi connectivity index (χ1) is 10.6. The quantitative estimate of drug-likeness (QED) is 0.924. The van der Waals surface area contributed by atoms with Gasteiger partial charge in [-0.25, -0.2) is 4.79 Å². The Labute approximate surface area is 135 Å². The third-order valence-electron chi connectivity index (χ3n) is 3.83. The Hall–Kier alpha value is -2.07. The number of benzene rings is 1. The van der Waals surface area contributed by atoms with Gasteiger partial charge in [-0.1, -0.05) is 23.7 Å². The molecule has 0 aliphatic carbocycles. The summed E-state index contributed by atoms with van der Waals surface area (Å²) >= 11 is 6.01. The number of urea groups is 1. The highest BCUT2D eigenvalue weighted by Gasteiger charge is 2.20. The average Bonchev–Trinajstić information content (AvgIpc) is 2.52. The van der Waals surface area contributed by atoms with Crippen LogP contribution in [0.4, 0.5) is 4.79 Å². The summed E-state index contributed by atoms with van der Waals surface area (Å²) in [5, 5.41) is 3.69. The zero-order valence-corrected chi connectivity index (χ0v) is 13.2. The summed E-state index contributed by atoms with van der Waals surface area (Å²) in [5.41, 5.74) is 4.23. The number of aryl methyl sites for hydroxylation is 1. The summed E-state index contributed by atoms with van der Waals surface area (Å²) in [6.07, 6.45) is 0.839. The van der Waals surface area contributed by atoms with Crippen LogP contribution in [-0.4, -0.2) is 22.5 Å². The van der Waals surface area contributed by atoms with Crippen molar-refractivity contribution < 1.29 is 4.79 Å². The van der Waals surface area contributed by atoms with E-state index in [0.29, 0.717) is 19.6 Å². The van der Waals surface area contributed by atoms with Gasteiger partial charge < -0.3 is 10.2 Å². The number of amides is 2. The van der Waals surface area contributed by atoms with E-state index in [9.17, 15) is 4.79 Å². The van der Waals surface area contributed by atoms with E-state index in [0.717, 1.165) is 22.8 Å². The number of fused-ring (bicyclic) bond motifs is 1. The summed E-state index contributed by atoms with van der Waals surface area (Å²) in [5.74, 6) is 0. The van der Waals surface area contributed by atoms with Gasteiger partial charge >= 0.3 is 6.03 Å². The number of aromatic nitrogens is 1. The number of nitrogens with one attached hydrogen (secondary N) is 1. The van der Waals surface area contributed by atoms with Crippen LogP contribution in [0.5, 0.6) is 0 Å². The molecule has 0 bridgehead atoms. The Morgan fingerprint density at radius 2 is 2.18 bits per heavy atom. The molecule has 3 rings (SSSR count). The lowest BCUT2D eigenvalue weighted by atomic mass is 10.0. The van der Waals surface area contributed by atoms with Crippen molar-refractivity contribution in [1.29, 1.82) is 0 Å². The first kappa shape index (κ1) is 14.9. The molecular formula is C17H18ClN3O. The number of rotatable bonds is 2. The van der Waals surface area contributed by atoms with E-state index >= 15 is 0 Å². The lowest BCUT2D eigenvalue weighted by Gasteiger charge is -2.29. The smallest absolute Gasteiger partial charge is 0.318 e. The van der Waals surface area contributed by atoms with Crippen LogP contribution in [0, 0.1) is 6.92 Å². The molecule has 0 saturated carbocycles. The topological polar surface area (TPSA) is 45.2 Å². The highest BCUT2D eigenvalue weighted by Crippen LogP contribution is 2.22. The van der Waals surface area contributed by atoms with Gasteiger partial charge in [0.05, 0.1) is 12.2 Å². The van der Waals surface area contributed by atoms with Gasteiger partial charge in [0.15, 0.2) is 0 Å². The van der Waals surface area contributed by atoms with Gasteiger partial charge in [-0.3, -0.25) is 4.98 Å². The second kappa shape index (κ2) is 6.36. The molecule has 1 aromatic heterocycles. The summed E-state index contributed by atoms with van der Waals surface area (Å²) in [6, 6.07) is 11.6.